The summed E-state index contributed by atoms with van der Waals surface area (Å²) in [6.45, 7) is 7.46. The van der Waals surface area contributed by atoms with Gasteiger partial charge in [0.15, 0.2) is 12.4 Å². The highest BCUT2D eigenvalue weighted by molar-refractivity contribution is 5.94. The molecular formula is C30H40N2O7. The monoisotopic (exact) mass is 540 g/mol. The second kappa shape index (κ2) is 13.5. The van der Waals surface area contributed by atoms with Crippen LogP contribution >= 0.6 is 0 Å². The van der Waals surface area contributed by atoms with E-state index in [2.05, 4.69) is 17.1 Å². The van der Waals surface area contributed by atoms with Gasteiger partial charge in [0.25, 0.3) is 5.91 Å². The van der Waals surface area contributed by atoms with E-state index in [1.165, 1.54) is 13.8 Å². The lowest BCUT2D eigenvalue weighted by Gasteiger charge is -2.43. The minimum absolute atomic E-state index is 0.00584. The largest absolute Gasteiger partial charge is 0.453 e. The van der Waals surface area contributed by atoms with E-state index in [0.717, 1.165) is 42.6 Å². The first-order valence-corrected chi connectivity index (χ1v) is 13.6. The number of aliphatic hydroxyl groups is 1. The highest BCUT2D eigenvalue weighted by Gasteiger charge is 2.40. The van der Waals surface area contributed by atoms with Crippen molar-refractivity contribution in [2.45, 2.75) is 70.9 Å². The van der Waals surface area contributed by atoms with Crippen LogP contribution in [-0.4, -0.2) is 66.9 Å². The molecule has 2 aliphatic heterocycles. The average Bonchev–Trinajstić information content (AvgIpc) is 3.36. The molecule has 0 saturated carbocycles. The van der Waals surface area contributed by atoms with Crippen molar-refractivity contribution in [3.8, 4) is 0 Å². The van der Waals surface area contributed by atoms with Gasteiger partial charge in [0.1, 0.15) is 0 Å². The van der Waals surface area contributed by atoms with Crippen LogP contribution in [0.2, 0.25) is 0 Å². The number of amides is 1. The number of benzene rings is 2. The van der Waals surface area contributed by atoms with Gasteiger partial charge in [0.05, 0.1) is 25.4 Å². The summed E-state index contributed by atoms with van der Waals surface area (Å²) in [7, 11) is 1.75. The lowest BCUT2D eigenvalue weighted by Crippen LogP contribution is -2.46. The van der Waals surface area contributed by atoms with Crippen molar-refractivity contribution in [1.82, 2.24) is 4.90 Å². The zero-order valence-electron chi connectivity index (χ0n) is 23.2. The highest BCUT2D eigenvalue weighted by atomic mass is 16.7. The summed E-state index contributed by atoms with van der Waals surface area (Å²) < 4.78 is 23.5. The molecule has 0 aromatic heterocycles. The Balaban J connectivity index is 1.52. The predicted molar refractivity (Wildman–Crippen MR) is 146 cm³/mol. The predicted octanol–water partition coefficient (Wildman–Crippen LogP) is 3.97. The van der Waals surface area contributed by atoms with Gasteiger partial charge < -0.3 is 29.4 Å². The van der Waals surface area contributed by atoms with E-state index in [0.29, 0.717) is 18.3 Å². The number of hydrogen-bond acceptors (Lipinski definition) is 8. The molecule has 0 bridgehead atoms. The number of methoxy groups -OCH3 is 1. The summed E-state index contributed by atoms with van der Waals surface area (Å²) in [6.07, 6.45) is 0.498. The number of nitrogens with one attached hydrogen (secondary N) is 1. The number of aliphatic hydroxyl groups excluding tert-OH is 1. The van der Waals surface area contributed by atoms with Gasteiger partial charge in [-0.05, 0) is 49.6 Å². The first-order chi connectivity index (χ1) is 18.8. The van der Waals surface area contributed by atoms with Crippen molar-refractivity contribution >= 4 is 17.6 Å². The number of esters is 1. The van der Waals surface area contributed by atoms with Gasteiger partial charge in [-0.1, -0.05) is 43.3 Å². The molecule has 0 spiro atoms. The maximum atomic E-state index is 12.3. The molecule has 212 valence electrons. The number of carbonyl (C=O) groups is 2. The summed E-state index contributed by atoms with van der Waals surface area (Å²) in [5.41, 5.74) is 3.31. The maximum absolute atomic E-state index is 12.3. The molecule has 2 aromatic rings. The Hall–Kier alpha value is -2.82. The van der Waals surface area contributed by atoms with E-state index < -0.39 is 24.3 Å². The van der Waals surface area contributed by atoms with E-state index in [9.17, 15) is 14.7 Å². The minimum atomic E-state index is -0.889. The number of rotatable bonds is 10. The molecule has 2 fully saturated rings. The lowest BCUT2D eigenvalue weighted by molar-refractivity contribution is -0.276. The van der Waals surface area contributed by atoms with Gasteiger partial charge in [-0.15, -0.1) is 0 Å². The zero-order valence-corrected chi connectivity index (χ0v) is 23.2. The smallest absolute Gasteiger partial charge is 0.303 e. The quantitative estimate of drug-likeness (QED) is 0.436. The SMILES string of the molecule is COC[C@@H]1CCCN1C[C@H]1O[C@@H](c2ccc(NC(=O)[C@H](C)OC(C)=O)cc2)O[C@@H](c2ccc(CO)cc2)[C@H]1C. The molecule has 2 N–H and O–H groups in total. The fourth-order valence-corrected chi connectivity index (χ4v) is 5.35. The number of ether oxygens (including phenoxy) is 4. The minimum Gasteiger partial charge on any atom is -0.453 e. The number of carbonyl (C=O) groups excluding carboxylic acids is 2. The van der Waals surface area contributed by atoms with E-state index in [1.807, 2.05) is 36.4 Å². The van der Waals surface area contributed by atoms with Crippen LogP contribution in [0.4, 0.5) is 5.69 Å². The van der Waals surface area contributed by atoms with Crippen molar-refractivity contribution in [2.24, 2.45) is 5.92 Å². The molecule has 6 atom stereocenters. The van der Waals surface area contributed by atoms with Crippen molar-refractivity contribution in [1.29, 1.82) is 0 Å². The topological polar surface area (TPSA) is 107 Å². The molecular weight excluding hydrogens is 500 g/mol. The van der Waals surface area contributed by atoms with Crippen molar-refractivity contribution in [2.75, 3.05) is 32.1 Å². The molecule has 39 heavy (non-hydrogen) atoms. The molecule has 0 radical (unpaired) electrons. The summed E-state index contributed by atoms with van der Waals surface area (Å²) in [5.74, 6) is -0.822. The molecule has 9 nitrogen and oxygen atoms in total. The Labute approximate surface area is 230 Å². The van der Waals surface area contributed by atoms with Gasteiger partial charge in [-0.25, -0.2) is 0 Å². The Morgan fingerprint density at radius 2 is 1.79 bits per heavy atom. The average molecular weight is 541 g/mol. The molecule has 2 heterocycles. The van der Waals surface area contributed by atoms with Crippen LogP contribution in [0.25, 0.3) is 0 Å². The van der Waals surface area contributed by atoms with Crippen LogP contribution in [-0.2, 0) is 35.1 Å². The Bertz CT molecular complexity index is 1090. The van der Waals surface area contributed by atoms with Crippen LogP contribution in [0.3, 0.4) is 0 Å². The molecule has 2 aliphatic rings. The van der Waals surface area contributed by atoms with Crippen LogP contribution in [0, 0.1) is 5.92 Å². The van der Waals surface area contributed by atoms with Gasteiger partial charge in [0.2, 0.25) is 0 Å². The third-order valence-electron chi connectivity index (χ3n) is 7.56. The highest BCUT2D eigenvalue weighted by Crippen LogP contribution is 2.42. The normalized spacial score (nSPS) is 26.2. The molecule has 2 saturated heterocycles. The summed E-state index contributed by atoms with van der Waals surface area (Å²) >= 11 is 0. The molecule has 0 unspecified atom stereocenters. The van der Waals surface area contributed by atoms with Crippen LogP contribution in [0.1, 0.15) is 62.7 Å². The van der Waals surface area contributed by atoms with Gasteiger partial charge in [0, 0.05) is 43.8 Å². The van der Waals surface area contributed by atoms with Gasteiger partial charge in [-0.2, -0.15) is 0 Å². The van der Waals surface area contributed by atoms with Crippen LogP contribution < -0.4 is 5.32 Å². The first kappa shape index (κ1) is 29.2. The second-order valence-electron chi connectivity index (χ2n) is 10.4. The van der Waals surface area contributed by atoms with Crippen molar-refractivity contribution in [3.05, 3.63) is 65.2 Å². The standard InChI is InChI=1S/C30H40N2O7/c1-19-27(16-32-15-5-6-26(32)18-36-4)38-30(39-28(19)23-9-7-22(17-33)8-10-23)24-11-13-25(14-12-24)31-29(35)20(2)37-21(3)34/h7-14,19-20,26-28,30,33H,5-6,15-18H2,1-4H3,(H,31,35)/t19-,20-,26-,27+,28+,30+/m0/s1. The Morgan fingerprint density at radius 3 is 2.44 bits per heavy atom. The Kier molecular flexibility index (Phi) is 10.1. The molecule has 2 aromatic carbocycles. The number of anilines is 1. The second-order valence-corrected chi connectivity index (χ2v) is 10.4. The number of hydrogen-bond donors (Lipinski definition) is 2. The number of likely N-dealkylation sites (tertiary alicyclic amines) is 1. The third kappa shape index (κ3) is 7.43. The van der Waals surface area contributed by atoms with E-state index >= 15 is 0 Å². The molecule has 4 rings (SSSR count). The van der Waals surface area contributed by atoms with E-state index in [1.54, 1.807) is 19.2 Å². The third-order valence-corrected chi connectivity index (χ3v) is 7.56. The molecule has 1 amide bonds. The fourth-order valence-electron chi connectivity index (χ4n) is 5.35. The first-order valence-electron chi connectivity index (χ1n) is 13.6. The zero-order chi connectivity index (χ0) is 27.9. The summed E-state index contributed by atoms with van der Waals surface area (Å²) in [6, 6.07) is 15.6. The van der Waals surface area contributed by atoms with Crippen molar-refractivity contribution in [3.63, 3.8) is 0 Å². The Morgan fingerprint density at radius 1 is 1.10 bits per heavy atom. The summed E-state index contributed by atoms with van der Waals surface area (Å²) in [5, 5.41) is 12.2. The van der Waals surface area contributed by atoms with E-state index in [-0.39, 0.29) is 24.7 Å². The van der Waals surface area contributed by atoms with Crippen LogP contribution in [0.5, 0.6) is 0 Å². The summed E-state index contributed by atoms with van der Waals surface area (Å²) in [4.78, 5) is 25.9. The molecule has 9 heteroatoms. The molecule has 0 aliphatic carbocycles. The van der Waals surface area contributed by atoms with Crippen LogP contribution in [0.15, 0.2) is 48.5 Å². The maximum Gasteiger partial charge on any atom is 0.303 e. The van der Waals surface area contributed by atoms with Gasteiger partial charge >= 0.3 is 5.97 Å². The lowest BCUT2D eigenvalue weighted by atomic mass is 9.90. The van der Waals surface area contributed by atoms with Crippen molar-refractivity contribution < 1.29 is 33.6 Å². The fraction of sp³-hybridized carbons (Fsp3) is 0.533. The van der Waals surface area contributed by atoms with Gasteiger partial charge in [-0.3, -0.25) is 14.5 Å². The number of nitrogens with zero attached hydrogens (tertiary/aromatic N) is 1. The van der Waals surface area contributed by atoms with E-state index in [4.69, 9.17) is 18.9 Å².